The van der Waals surface area contributed by atoms with Crippen molar-refractivity contribution in [1.29, 1.82) is 0 Å². The third-order valence-electron chi connectivity index (χ3n) is 2.98. The average Bonchev–Trinajstić information content (AvgIpc) is 3.06. The zero-order valence-electron chi connectivity index (χ0n) is 11.4. The summed E-state index contributed by atoms with van der Waals surface area (Å²) >= 11 is 5.07. The SMILES string of the molecule is Cc1nc(CCN)sc1-c1nc(-c2cccc(Br)c2)n[nH]1. The van der Waals surface area contributed by atoms with Crippen molar-refractivity contribution in [3.63, 3.8) is 0 Å². The lowest BCUT2D eigenvalue weighted by Gasteiger charge is -1.95. The number of H-pyrrole nitrogens is 1. The fourth-order valence-electron chi connectivity index (χ4n) is 2.02. The number of benzene rings is 1. The van der Waals surface area contributed by atoms with Crippen molar-refractivity contribution < 1.29 is 0 Å². The molecule has 0 aliphatic carbocycles. The molecule has 3 rings (SSSR count). The minimum atomic E-state index is 0.603. The number of hydrogen-bond donors (Lipinski definition) is 2. The van der Waals surface area contributed by atoms with Crippen LogP contribution in [0.4, 0.5) is 0 Å². The Morgan fingerprint density at radius 3 is 2.95 bits per heavy atom. The summed E-state index contributed by atoms with van der Waals surface area (Å²) in [6.07, 6.45) is 0.790. The van der Waals surface area contributed by atoms with Crippen molar-refractivity contribution in [2.24, 2.45) is 5.73 Å². The first kappa shape index (κ1) is 14.4. The van der Waals surface area contributed by atoms with Crippen LogP contribution in [0.15, 0.2) is 28.7 Å². The minimum absolute atomic E-state index is 0.603. The van der Waals surface area contributed by atoms with Gasteiger partial charge in [0.1, 0.15) is 0 Å². The zero-order chi connectivity index (χ0) is 14.8. The van der Waals surface area contributed by atoms with E-state index in [9.17, 15) is 0 Å². The lowest BCUT2D eigenvalue weighted by atomic mass is 10.2. The molecule has 3 aromatic rings. The summed E-state index contributed by atoms with van der Waals surface area (Å²) in [5.41, 5.74) is 7.51. The number of hydrogen-bond acceptors (Lipinski definition) is 5. The van der Waals surface area contributed by atoms with Gasteiger partial charge in [0.15, 0.2) is 11.6 Å². The van der Waals surface area contributed by atoms with Crippen molar-refractivity contribution in [2.75, 3.05) is 6.54 Å². The molecule has 1 aromatic carbocycles. The fourth-order valence-corrected chi connectivity index (χ4v) is 3.44. The van der Waals surface area contributed by atoms with Crippen LogP contribution in [0.5, 0.6) is 0 Å². The maximum atomic E-state index is 5.58. The molecule has 0 aliphatic heterocycles. The van der Waals surface area contributed by atoms with E-state index >= 15 is 0 Å². The molecule has 108 valence electrons. The molecule has 21 heavy (non-hydrogen) atoms. The van der Waals surface area contributed by atoms with Crippen LogP contribution < -0.4 is 5.73 Å². The first-order valence-electron chi connectivity index (χ1n) is 6.52. The second kappa shape index (κ2) is 6.05. The highest BCUT2D eigenvalue weighted by atomic mass is 79.9. The van der Waals surface area contributed by atoms with Crippen LogP contribution in [0.3, 0.4) is 0 Å². The lowest BCUT2D eigenvalue weighted by molar-refractivity contribution is 0.945. The highest BCUT2D eigenvalue weighted by Gasteiger charge is 2.14. The van der Waals surface area contributed by atoms with E-state index < -0.39 is 0 Å². The summed E-state index contributed by atoms with van der Waals surface area (Å²) in [4.78, 5) is 10.1. The van der Waals surface area contributed by atoms with E-state index in [1.165, 1.54) is 0 Å². The number of nitrogens with one attached hydrogen (secondary N) is 1. The van der Waals surface area contributed by atoms with Gasteiger partial charge >= 0.3 is 0 Å². The summed E-state index contributed by atoms with van der Waals surface area (Å²) in [6.45, 7) is 2.58. The lowest BCUT2D eigenvalue weighted by Crippen LogP contribution is -2.01. The van der Waals surface area contributed by atoms with Crippen LogP contribution in [0.25, 0.3) is 22.1 Å². The number of thiazole rings is 1. The maximum absolute atomic E-state index is 5.58. The molecule has 0 saturated heterocycles. The quantitative estimate of drug-likeness (QED) is 0.745. The fraction of sp³-hybridized carbons (Fsp3) is 0.214. The van der Waals surface area contributed by atoms with Crippen LogP contribution in [-0.4, -0.2) is 26.7 Å². The molecule has 0 spiro atoms. The van der Waals surface area contributed by atoms with E-state index in [0.29, 0.717) is 12.4 Å². The Bertz CT molecular complexity index is 764. The van der Waals surface area contributed by atoms with E-state index in [-0.39, 0.29) is 0 Å². The predicted molar refractivity (Wildman–Crippen MR) is 88.1 cm³/mol. The summed E-state index contributed by atoms with van der Waals surface area (Å²) < 4.78 is 1.01. The van der Waals surface area contributed by atoms with Gasteiger partial charge in [0.25, 0.3) is 0 Å². The molecule has 0 atom stereocenters. The van der Waals surface area contributed by atoms with Gasteiger partial charge in [-0.2, -0.15) is 5.10 Å². The van der Waals surface area contributed by atoms with Crippen molar-refractivity contribution >= 4 is 27.3 Å². The van der Waals surface area contributed by atoms with Gasteiger partial charge in [0.2, 0.25) is 0 Å². The van der Waals surface area contributed by atoms with E-state index in [4.69, 9.17) is 5.73 Å². The number of aromatic nitrogens is 4. The zero-order valence-corrected chi connectivity index (χ0v) is 13.8. The first-order valence-corrected chi connectivity index (χ1v) is 8.13. The third kappa shape index (κ3) is 3.04. The van der Waals surface area contributed by atoms with Crippen molar-refractivity contribution in [1.82, 2.24) is 20.2 Å². The molecule has 2 aromatic heterocycles. The van der Waals surface area contributed by atoms with Crippen molar-refractivity contribution in [3.05, 3.63) is 39.4 Å². The van der Waals surface area contributed by atoms with Gasteiger partial charge < -0.3 is 5.73 Å². The van der Waals surface area contributed by atoms with Crippen LogP contribution in [0, 0.1) is 6.92 Å². The molecule has 0 amide bonds. The van der Waals surface area contributed by atoms with Crippen LogP contribution in [-0.2, 0) is 6.42 Å². The topological polar surface area (TPSA) is 80.5 Å². The molecule has 0 radical (unpaired) electrons. The maximum Gasteiger partial charge on any atom is 0.181 e. The summed E-state index contributed by atoms with van der Waals surface area (Å²) in [5, 5.41) is 8.33. The second-order valence-electron chi connectivity index (χ2n) is 4.58. The highest BCUT2D eigenvalue weighted by Crippen LogP contribution is 2.29. The molecule has 0 saturated carbocycles. The molecule has 7 heteroatoms. The molecule has 0 bridgehead atoms. The van der Waals surface area contributed by atoms with Gasteiger partial charge in [-0.05, 0) is 25.6 Å². The number of aromatic amines is 1. The Kier molecular flexibility index (Phi) is 4.14. The number of rotatable bonds is 4. The van der Waals surface area contributed by atoms with Gasteiger partial charge in [-0.15, -0.1) is 11.3 Å². The summed E-state index contributed by atoms with van der Waals surface area (Å²) in [5.74, 6) is 1.43. The van der Waals surface area contributed by atoms with E-state index in [1.54, 1.807) is 11.3 Å². The highest BCUT2D eigenvalue weighted by molar-refractivity contribution is 9.10. The molecular formula is C14H14BrN5S. The van der Waals surface area contributed by atoms with E-state index in [0.717, 1.165) is 37.9 Å². The van der Waals surface area contributed by atoms with Crippen LogP contribution >= 0.6 is 27.3 Å². The largest absolute Gasteiger partial charge is 0.330 e. The van der Waals surface area contributed by atoms with E-state index in [1.807, 2.05) is 31.2 Å². The Hall–Kier alpha value is -1.57. The Labute approximate surface area is 134 Å². The number of halogens is 1. The number of nitrogens with zero attached hydrogens (tertiary/aromatic N) is 3. The van der Waals surface area contributed by atoms with Gasteiger partial charge in [-0.3, -0.25) is 5.10 Å². The van der Waals surface area contributed by atoms with Crippen molar-refractivity contribution in [3.8, 4) is 22.1 Å². The summed E-state index contributed by atoms with van der Waals surface area (Å²) in [7, 11) is 0. The molecule has 5 nitrogen and oxygen atoms in total. The van der Waals surface area contributed by atoms with E-state index in [2.05, 4.69) is 36.1 Å². The Morgan fingerprint density at radius 1 is 1.33 bits per heavy atom. The third-order valence-corrected chi connectivity index (χ3v) is 4.70. The minimum Gasteiger partial charge on any atom is -0.330 e. The normalized spacial score (nSPS) is 11.0. The first-order chi connectivity index (χ1) is 10.2. The Morgan fingerprint density at radius 2 is 2.19 bits per heavy atom. The number of nitrogens with two attached hydrogens (primary N) is 1. The van der Waals surface area contributed by atoms with Gasteiger partial charge in [-0.1, -0.05) is 28.1 Å². The molecular weight excluding hydrogens is 350 g/mol. The van der Waals surface area contributed by atoms with Gasteiger partial charge in [0, 0.05) is 16.5 Å². The average molecular weight is 364 g/mol. The second-order valence-corrected chi connectivity index (χ2v) is 6.58. The smallest absolute Gasteiger partial charge is 0.181 e. The predicted octanol–water partition coefficient (Wildman–Crippen LogP) is 3.17. The van der Waals surface area contributed by atoms with Crippen molar-refractivity contribution in [2.45, 2.75) is 13.3 Å². The molecule has 0 fully saturated rings. The Balaban J connectivity index is 1.95. The van der Waals surface area contributed by atoms with Gasteiger partial charge in [-0.25, -0.2) is 9.97 Å². The molecule has 3 N–H and O–H groups in total. The van der Waals surface area contributed by atoms with Gasteiger partial charge in [0.05, 0.1) is 15.6 Å². The molecule has 0 unspecified atom stereocenters. The molecule has 0 aliphatic rings. The standard InChI is InChI=1S/C14H14BrN5S/c1-8-12(21-11(17-8)5-6-16)14-18-13(19-20-14)9-3-2-4-10(15)7-9/h2-4,7H,5-6,16H2,1H3,(H,18,19,20). The monoisotopic (exact) mass is 363 g/mol. The number of aryl methyl sites for hydroxylation is 1. The summed E-state index contributed by atoms with van der Waals surface area (Å²) in [6, 6.07) is 7.92. The van der Waals surface area contributed by atoms with Crippen LogP contribution in [0.1, 0.15) is 10.7 Å². The van der Waals surface area contributed by atoms with Crippen LogP contribution in [0.2, 0.25) is 0 Å². The molecule has 2 heterocycles.